The molecular formula is C22H28N2O2S. The highest BCUT2D eigenvalue weighted by Gasteiger charge is 2.19. The Kier molecular flexibility index (Phi) is 7.36. The van der Waals surface area contributed by atoms with E-state index in [1.165, 1.54) is 11.1 Å². The van der Waals surface area contributed by atoms with E-state index in [0.717, 1.165) is 11.3 Å². The maximum absolute atomic E-state index is 11.9. The van der Waals surface area contributed by atoms with Crippen LogP contribution in [0.3, 0.4) is 0 Å². The topological polar surface area (TPSA) is 50.4 Å². The van der Waals surface area contributed by atoms with Crippen molar-refractivity contribution in [3.63, 3.8) is 0 Å². The number of carbonyl (C=O) groups excluding carboxylic acids is 1. The third-order valence-corrected chi connectivity index (χ3v) is 4.68. The van der Waals surface area contributed by atoms with Crippen LogP contribution in [0.1, 0.15) is 53.9 Å². The van der Waals surface area contributed by atoms with Crippen molar-refractivity contribution >= 4 is 29.0 Å². The Bertz CT molecular complexity index is 818. The summed E-state index contributed by atoms with van der Waals surface area (Å²) in [4.78, 5) is 11.9. The number of nitrogens with one attached hydrogen (secondary N) is 2. The van der Waals surface area contributed by atoms with Gasteiger partial charge >= 0.3 is 5.97 Å². The van der Waals surface area contributed by atoms with E-state index in [9.17, 15) is 4.79 Å². The van der Waals surface area contributed by atoms with Gasteiger partial charge in [0, 0.05) is 5.69 Å². The average Bonchev–Trinajstić information content (AvgIpc) is 2.62. The monoisotopic (exact) mass is 384 g/mol. The molecule has 0 fully saturated rings. The summed E-state index contributed by atoms with van der Waals surface area (Å²) >= 11 is 5.55. The molecule has 0 spiro atoms. The van der Waals surface area contributed by atoms with Crippen LogP contribution in [0.15, 0.2) is 42.5 Å². The van der Waals surface area contributed by atoms with Crippen LogP contribution >= 0.6 is 12.2 Å². The molecule has 0 aliphatic carbocycles. The molecule has 2 N–H and O–H groups in total. The summed E-state index contributed by atoms with van der Waals surface area (Å²) in [6, 6.07) is 13.9. The van der Waals surface area contributed by atoms with Crippen LogP contribution in [-0.2, 0) is 4.74 Å². The summed E-state index contributed by atoms with van der Waals surface area (Å²) < 4.78 is 5.05. The molecule has 2 aromatic rings. The third-order valence-electron chi connectivity index (χ3n) is 4.46. The van der Waals surface area contributed by atoms with Gasteiger partial charge in [-0.05, 0) is 73.8 Å². The highest BCUT2D eigenvalue weighted by atomic mass is 32.1. The lowest BCUT2D eigenvalue weighted by molar-refractivity contribution is 0.0526. The molecule has 2 aromatic carbocycles. The molecule has 0 aliphatic rings. The van der Waals surface area contributed by atoms with E-state index < -0.39 is 0 Å². The van der Waals surface area contributed by atoms with E-state index in [-0.39, 0.29) is 12.0 Å². The van der Waals surface area contributed by atoms with Crippen molar-refractivity contribution in [1.82, 2.24) is 5.32 Å². The van der Waals surface area contributed by atoms with Gasteiger partial charge in [-0.3, -0.25) is 0 Å². The summed E-state index contributed by atoms with van der Waals surface area (Å²) in [5.41, 5.74) is 4.82. The van der Waals surface area contributed by atoms with Gasteiger partial charge in [-0.2, -0.15) is 0 Å². The van der Waals surface area contributed by atoms with E-state index in [1.807, 2.05) is 31.2 Å². The second kappa shape index (κ2) is 9.51. The Hall–Kier alpha value is -2.40. The molecule has 0 bridgehead atoms. The number of esters is 1. The number of anilines is 1. The van der Waals surface area contributed by atoms with Crippen LogP contribution in [0.25, 0.3) is 0 Å². The van der Waals surface area contributed by atoms with Gasteiger partial charge in [0.05, 0.1) is 18.2 Å². The molecule has 0 amide bonds. The van der Waals surface area contributed by atoms with Crippen molar-refractivity contribution in [2.75, 3.05) is 11.9 Å². The lowest BCUT2D eigenvalue weighted by Crippen LogP contribution is -2.35. The summed E-state index contributed by atoms with van der Waals surface area (Å²) in [6.07, 6.45) is 0. The first-order valence-electron chi connectivity index (χ1n) is 9.24. The summed E-state index contributed by atoms with van der Waals surface area (Å²) in [7, 11) is 0. The molecule has 0 saturated heterocycles. The van der Waals surface area contributed by atoms with Gasteiger partial charge in [0.25, 0.3) is 0 Å². The minimum Gasteiger partial charge on any atom is -0.462 e. The molecule has 0 radical (unpaired) electrons. The Morgan fingerprint density at radius 2 is 1.81 bits per heavy atom. The second-order valence-electron chi connectivity index (χ2n) is 6.93. The van der Waals surface area contributed by atoms with Crippen molar-refractivity contribution in [1.29, 1.82) is 0 Å². The standard InChI is InChI=1S/C22H28N2O2S/c1-6-26-21(25)17-11-12-19(16(5)13-17)23-22(27)24-20(14(2)3)18-10-8-7-9-15(18)4/h7-14,20H,6H2,1-5H3,(H2,23,24,27)/t20-/m0/s1. The highest BCUT2D eigenvalue weighted by Crippen LogP contribution is 2.25. The van der Waals surface area contributed by atoms with Crippen LogP contribution in [-0.4, -0.2) is 17.7 Å². The molecule has 1 atom stereocenters. The molecule has 5 heteroatoms. The third kappa shape index (κ3) is 5.54. The Morgan fingerprint density at radius 1 is 1.11 bits per heavy atom. The molecule has 0 heterocycles. The van der Waals surface area contributed by atoms with Gasteiger partial charge < -0.3 is 15.4 Å². The first kappa shape index (κ1) is 20.9. The molecule has 27 heavy (non-hydrogen) atoms. The number of carbonyl (C=O) groups is 1. The van der Waals surface area contributed by atoms with E-state index in [4.69, 9.17) is 17.0 Å². The lowest BCUT2D eigenvalue weighted by Gasteiger charge is -2.26. The Labute approximate surface area is 167 Å². The van der Waals surface area contributed by atoms with E-state index in [2.05, 4.69) is 43.5 Å². The zero-order valence-corrected chi connectivity index (χ0v) is 17.4. The van der Waals surface area contributed by atoms with Gasteiger partial charge in [0.1, 0.15) is 0 Å². The first-order chi connectivity index (χ1) is 12.8. The molecule has 0 saturated carbocycles. The predicted molar refractivity (Wildman–Crippen MR) is 115 cm³/mol. The Morgan fingerprint density at radius 3 is 2.41 bits per heavy atom. The zero-order chi connectivity index (χ0) is 20.0. The number of ether oxygens (including phenoxy) is 1. The van der Waals surface area contributed by atoms with Gasteiger partial charge in [-0.15, -0.1) is 0 Å². The number of thiocarbonyl (C=S) groups is 1. The zero-order valence-electron chi connectivity index (χ0n) is 16.6. The van der Waals surface area contributed by atoms with Crippen LogP contribution < -0.4 is 10.6 Å². The molecule has 0 unspecified atom stereocenters. The summed E-state index contributed by atoms with van der Waals surface area (Å²) in [5.74, 6) is 0.0606. The Balaban J connectivity index is 2.12. The smallest absolute Gasteiger partial charge is 0.338 e. The number of hydrogen-bond donors (Lipinski definition) is 2. The van der Waals surface area contributed by atoms with E-state index >= 15 is 0 Å². The molecule has 2 rings (SSSR count). The minimum atomic E-state index is -0.313. The maximum atomic E-state index is 11.9. The molecule has 144 valence electrons. The van der Waals surface area contributed by atoms with Gasteiger partial charge in [-0.25, -0.2) is 4.79 Å². The highest BCUT2D eigenvalue weighted by molar-refractivity contribution is 7.80. The van der Waals surface area contributed by atoms with Crippen LogP contribution in [0.5, 0.6) is 0 Å². The SMILES string of the molecule is CCOC(=O)c1ccc(NC(=S)N[C@H](c2ccccc2C)C(C)C)c(C)c1. The number of hydrogen-bond acceptors (Lipinski definition) is 3. The quantitative estimate of drug-likeness (QED) is 0.532. The van der Waals surface area contributed by atoms with Gasteiger partial charge in [-0.1, -0.05) is 38.1 Å². The normalized spacial score (nSPS) is 11.8. The number of benzene rings is 2. The van der Waals surface area contributed by atoms with E-state index in [1.54, 1.807) is 13.0 Å². The lowest BCUT2D eigenvalue weighted by atomic mass is 9.93. The fourth-order valence-corrected chi connectivity index (χ4v) is 3.22. The molecule has 4 nitrogen and oxygen atoms in total. The van der Waals surface area contributed by atoms with Crippen molar-refractivity contribution in [3.8, 4) is 0 Å². The van der Waals surface area contributed by atoms with Gasteiger partial charge in [0.2, 0.25) is 0 Å². The fourth-order valence-electron chi connectivity index (χ4n) is 2.98. The van der Waals surface area contributed by atoms with Gasteiger partial charge in [0.15, 0.2) is 5.11 Å². The van der Waals surface area contributed by atoms with Crippen molar-refractivity contribution < 1.29 is 9.53 Å². The fraction of sp³-hybridized carbons (Fsp3) is 0.364. The van der Waals surface area contributed by atoms with Crippen LogP contribution in [0.4, 0.5) is 5.69 Å². The average molecular weight is 385 g/mol. The largest absolute Gasteiger partial charge is 0.462 e. The van der Waals surface area contributed by atoms with Crippen molar-refractivity contribution in [2.24, 2.45) is 5.92 Å². The van der Waals surface area contributed by atoms with Crippen molar-refractivity contribution in [3.05, 3.63) is 64.7 Å². The summed E-state index contributed by atoms with van der Waals surface area (Å²) in [5, 5.41) is 7.25. The molecule has 0 aromatic heterocycles. The first-order valence-corrected chi connectivity index (χ1v) is 9.65. The maximum Gasteiger partial charge on any atom is 0.338 e. The second-order valence-corrected chi connectivity index (χ2v) is 7.34. The van der Waals surface area contributed by atoms with Crippen LogP contribution in [0, 0.1) is 19.8 Å². The predicted octanol–water partition coefficient (Wildman–Crippen LogP) is 5.16. The number of rotatable bonds is 6. The van der Waals surface area contributed by atoms with Crippen LogP contribution in [0.2, 0.25) is 0 Å². The molecular weight excluding hydrogens is 356 g/mol. The molecule has 0 aliphatic heterocycles. The van der Waals surface area contributed by atoms with Crippen molar-refractivity contribution in [2.45, 2.75) is 40.7 Å². The summed E-state index contributed by atoms with van der Waals surface area (Å²) in [6.45, 7) is 10.6. The number of aryl methyl sites for hydroxylation is 2. The van der Waals surface area contributed by atoms with E-state index in [0.29, 0.717) is 23.2 Å². The minimum absolute atomic E-state index is 0.116.